The van der Waals surface area contributed by atoms with E-state index in [9.17, 15) is 4.79 Å². The quantitative estimate of drug-likeness (QED) is 0.734. The number of fused-ring (bicyclic) bond motifs is 1. The Balaban J connectivity index is 2.70. The van der Waals surface area contributed by atoms with Crippen LogP contribution >= 0.6 is 11.6 Å². The van der Waals surface area contributed by atoms with Gasteiger partial charge in [0.2, 0.25) is 0 Å². The van der Waals surface area contributed by atoms with E-state index in [4.69, 9.17) is 16.0 Å². The number of rotatable bonds is 2. The Bertz CT molecular complexity index is 531. The van der Waals surface area contributed by atoms with Crippen LogP contribution in [0.2, 0.25) is 5.02 Å². The predicted octanol–water partition coefficient (Wildman–Crippen LogP) is 3.25. The van der Waals surface area contributed by atoms with Crippen molar-refractivity contribution in [2.24, 2.45) is 0 Å². The summed E-state index contributed by atoms with van der Waals surface area (Å²) in [6, 6.07) is 3.31. The first-order chi connectivity index (χ1) is 7.11. The van der Waals surface area contributed by atoms with Gasteiger partial charge in [-0.25, -0.2) is 4.98 Å². The second kappa shape index (κ2) is 3.66. The fourth-order valence-corrected chi connectivity index (χ4v) is 1.65. The molecule has 2 aromatic rings. The van der Waals surface area contributed by atoms with Gasteiger partial charge in [-0.3, -0.25) is 4.79 Å². The average Bonchev–Trinajstić information content (AvgIpc) is 2.61. The average molecular weight is 224 g/mol. The molecule has 0 aliphatic heterocycles. The third-order valence-electron chi connectivity index (χ3n) is 2.20. The zero-order valence-corrected chi connectivity index (χ0v) is 9.26. The third kappa shape index (κ3) is 1.75. The summed E-state index contributed by atoms with van der Waals surface area (Å²) >= 11 is 5.99. The molecule has 0 aliphatic carbocycles. The number of oxazole rings is 1. The van der Waals surface area contributed by atoms with Crippen molar-refractivity contribution in [2.75, 3.05) is 0 Å². The normalized spacial score (nSPS) is 10.9. The highest BCUT2D eigenvalue weighted by Crippen LogP contribution is 2.26. The highest BCUT2D eigenvalue weighted by atomic mass is 35.5. The molecule has 0 radical (unpaired) electrons. The van der Waals surface area contributed by atoms with Crippen molar-refractivity contribution in [3.8, 4) is 0 Å². The Kier molecular flexibility index (Phi) is 2.49. The summed E-state index contributed by atoms with van der Waals surface area (Å²) in [5, 5.41) is 0.435. The Morgan fingerprint density at radius 1 is 1.53 bits per heavy atom. The van der Waals surface area contributed by atoms with E-state index in [-0.39, 0.29) is 5.78 Å². The molecule has 0 amide bonds. The molecule has 0 saturated carbocycles. The molecule has 1 aromatic carbocycles. The molecule has 1 heterocycles. The smallest absolute Gasteiger partial charge is 0.195 e. The number of hydrogen-bond donors (Lipinski definition) is 0. The number of carbonyl (C=O) groups excluding carboxylic acids is 1. The highest BCUT2D eigenvalue weighted by molar-refractivity contribution is 6.35. The summed E-state index contributed by atoms with van der Waals surface area (Å²) in [4.78, 5) is 15.4. The molecule has 0 saturated heterocycles. The first-order valence-corrected chi connectivity index (χ1v) is 5.09. The van der Waals surface area contributed by atoms with E-state index >= 15 is 0 Å². The summed E-state index contributed by atoms with van der Waals surface area (Å²) < 4.78 is 5.43. The molecule has 0 unspecified atom stereocenters. The lowest BCUT2D eigenvalue weighted by atomic mass is 10.1. The van der Waals surface area contributed by atoms with Gasteiger partial charge in [0.25, 0.3) is 0 Å². The number of halogens is 1. The van der Waals surface area contributed by atoms with Crippen molar-refractivity contribution in [3.05, 3.63) is 28.6 Å². The fourth-order valence-electron chi connectivity index (χ4n) is 1.39. The number of hydrogen-bond acceptors (Lipinski definition) is 3. The largest absolute Gasteiger partial charge is 0.439 e. The second-order valence-electron chi connectivity index (χ2n) is 3.32. The molecule has 15 heavy (non-hydrogen) atoms. The van der Waals surface area contributed by atoms with Gasteiger partial charge >= 0.3 is 0 Å². The van der Waals surface area contributed by atoms with Gasteiger partial charge in [-0.2, -0.15) is 0 Å². The Hall–Kier alpha value is -1.35. The molecule has 0 bridgehead atoms. The Morgan fingerprint density at radius 2 is 2.27 bits per heavy atom. The van der Waals surface area contributed by atoms with Gasteiger partial charge in [0.1, 0.15) is 5.52 Å². The van der Waals surface area contributed by atoms with Gasteiger partial charge in [-0.15, -0.1) is 0 Å². The van der Waals surface area contributed by atoms with Crippen LogP contribution in [0, 0.1) is 0 Å². The van der Waals surface area contributed by atoms with E-state index in [1.54, 1.807) is 12.1 Å². The zero-order chi connectivity index (χ0) is 11.0. The van der Waals surface area contributed by atoms with Crippen LogP contribution in [-0.2, 0) is 6.42 Å². The van der Waals surface area contributed by atoms with Gasteiger partial charge in [-0.05, 0) is 19.1 Å². The maximum Gasteiger partial charge on any atom is 0.195 e. The van der Waals surface area contributed by atoms with Crippen LogP contribution < -0.4 is 0 Å². The number of benzene rings is 1. The van der Waals surface area contributed by atoms with Crippen molar-refractivity contribution >= 4 is 28.5 Å². The molecule has 0 N–H and O–H groups in total. The summed E-state index contributed by atoms with van der Waals surface area (Å²) in [5.74, 6) is 0.604. The second-order valence-corrected chi connectivity index (χ2v) is 3.73. The lowest BCUT2D eigenvalue weighted by Gasteiger charge is -1.96. The molecule has 4 heteroatoms. The number of carbonyl (C=O) groups is 1. The van der Waals surface area contributed by atoms with E-state index in [1.165, 1.54) is 6.92 Å². The number of nitrogens with zero attached hydrogens (tertiary/aromatic N) is 1. The Morgan fingerprint density at radius 3 is 2.87 bits per heavy atom. The summed E-state index contributed by atoms with van der Waals surface area (Å²) in [7, 11) is 0. The van der Waals surface area contributed by atoms with Gasteiger partial charge in [-0.1, -0.05) is 18.5 Å². The molecular weight excluding hydrogens is 214 g/mol. The minimum Gasteiger partial charge on any atom is -0.439 e. The van der Waals surface area contributed by atoms with Crippen LogP contribution in [0.4, 0.5) is 0 Å². The maximum atomic E-state index is 11.2. The van der Waals surface area contributed by atoms with Crippen molar-refractivity contribution in [1.29, 1.82) is 0 Å². The lowest BCUT2D eigenvalue weighted by molar-refractivity contribution is 0.101. The molecule has 0 aliphatic rings. The molecule has 78 valence electrons. The topological polar surface area (TPSA) is 43.1 Å². The minimum atomic E-state index is -0.0279. The molecule has 1 aromatic heterocycles. The van der Waals surface area contributed by atoms with Crippen LogP contribution in [0.3, 0.4) is 0 Å². The van der Waals surface area contributed by atoms with E-state index in [0.29, 0.717) is 34.0 Å². The summed E-state index contributed by atoms with van der Waals surface area (Å²) in [5.41, 5.74) is 1.76. The molecular formula is C11H10ClNO2. The van der Waals surface area contributed by atoms with Gasteiger partial charge in [0, 0.05) is 12.0 Å². The van der Waals surface area contributed by atoms with E-state index in [0.717, 1.165) is 0 Å². The van der Waals surface area contributed by atoms with Gasteiger partial charge in [0.05, 0.1) is 5.02 Å². The first-order valence-electron chi connectivity index (χ1n) is 4.71. The van der Waals surface area contributed by atoms with Crippen molar-refractivity contribution < 1.29 is 9.21 Å². The van der Waals surface area contributed by atoms with Gasteiger partial charge < -0.3 is 4.42 Å². The number of Topliss-reactive ketones (excluding diaryl/α,β-unsaturated/α-hetero) is 1. The van der Waals surface area contributed by atoms with Crippen molar-refractivity contribution in [2.45, 2.75) is 20.3 Å². The summed E-state index contributed by atoms with van der Waals surface area (Å²) in [6.45, 7) is 3.45. The molecule has 2 rings (SSSR count). The van der Waals surface area contributed by atoms with Crippen LogP contribution in [0.5, 0.6) is 0 Å². The number of aromatic nitrogens is 1. The molecule has 0 fully saturated rings. The lowest BCUT2D eigenvalue weighted by Crippen LogP contribution is -1.91. The Labute approximate surface area is 92.1 Å². The number of aryl methyl sites for hydroxylation is 1. The molecule has 3 nitrogen and oxygen atoms in total. The van der Waals surface area contributed by atoms with Gasteiger partial charge in [0.15, 0.2) is 17.3 Å². The highest BCUT2D eigenvalue weighted by Gasteiger charge is 2.11. The first kappa shape index (κ1) is 10.2. The van der Waals surface area contributed by atoms with Crippen LogP contribution in [0.15, 0.2) is 16.5 Å². The van der Waals surface area contributed by atoms with E-state index < -0.39 is 0 Å². The predicted molar refractivity (Wildman–Crippen MR) is 58.4 cm³/mol. The molecule has 0 atom stereocenters. The molecule has 0 spiro atoms. The third-order valence-corrected chi connectivity index (χ3v) is 2.48. The summed E-state index contributed by atoms with van der Waals surface area (Å²) in [6.07, 6.45) is 0.709. The van der Waals surface area contributed by atoms with Crippen LogP contribution in [-0.4, -0.2) is 10.8 Å². The van der Waals surface area contributed by atoms with Crippen molar-refractivity contribution in [1.82, 2.24) is 4.98 Å². The monoisotopic (exact) mass is 223 g/mol. The number of ketones is 1. The zero-order valence-electron chi connectivity index (χ0n) is 8.50. The standard InChI is InChI=1S/C11H10ClNO2/c1-3-10-13-9-5-7(6(2)14)4-8(12)11(9)15-10/h4-5H,3H2,1-2H3. The van der Waals surface area contributed by atoms with Crippen molar-refractivity contribution in [3.63, 3.8) is 0 Å². The van der Waals surface area contributed by atoms with E-state index in [2.05, 4.69) is 4.98 Å². The van der Waals surface area contributed by atoms with E-state index in [1.807, 2.05) is 6.92 Å². The van der Waals surface area contributed by atoms with Crippen LogP contribution in [0.25, 0.3) is 11.1 Å². The maximum absolute atomic E-state index is 11.2. The minimum absolute atomic E-state index is 0.0279. The fraction of sp³-hybridized carbons (Fsp3) is 0.273. The van der Waals surface area contributed by atoms with Crippen LogP contribution in [0.1, 0.15) is 30.1 Å². The SMILES string of the molecule is CCc1nc2cc(C(C)=O)cc(Cl)c2o1.